The SMILES string of the molecule is O=C1c2ccccc2C(=O)C12C[C@H]2Cc1ccccc1. The molecule has 0 aliphatic heterocycles. The molecule has 0 radical (unpaired) electrons. The third kappa shape index (κ3) is 1.39. The molecule has 98 valence electrons. The summed E-state index contributed by atoms with van der Waals surface area (Å²) in [6, 6.07) is 17.3. The minimum absolute atomic E-state index is 0.0408. The minimum atomic E-state index is -0.737. The Balaban J connectivity index is 1.66. The van der Waals surface area contributed by atoms with Gasteiger partial charge in [0.1, 0.15) is 5.41 Å². The van der Waals surface area contributed by atoms with Crippen LogP contribution in [-0.2, 0) is 6.42 Å². The highest BCUT2D eigenvalue weighted by Crippen LogP contribution is 2.61. The van der Waals surface area contributed by atoms with Gasteiger partial charge in [-0.05, 0) is 24.3 Å². The summed E-state index contributed by atoms with van der Waals surface area (Å²) >= 11 is 0. The Morgan fingerprint density at radius 3 is 2.00 bits per heavy atom. The summed E-state index contributed by atoms with van der Waals surface area (Å²) in [5, 5.41) is 0. The second-order valence-electron chi connectivity index (χ2n) is 5.77. The Morgan fingerprint density at radius 2 is 1.40 bits per heavy atom. The largest absolute Gasteiger partial charge is 0.293 e. The molecule has 2 aliphatic rings. The van der Waals surface area contributed by atoms with Crippen molar-refractivity contribution in [2.75, 3.05) is 0 Å². The van der Waals surface area contributed by atoms with E-state index in [9.17, 15) is 9.59 Å². The lowest BCUT2D eigenvalue weighted by Crippen LogP contribution is -2.20. The van der Waals surface area contributed by atoms with E-state index in [0.29, 0.717) is 17.5 Å². The molecule has 1 fully saturated rings. The lowest BCUT2D eigenvalue weighted by atomic mass is 9.94. The van der Waals surface area contributed by atoms with E-state index < -0.39 is 5.41 Å². The first-order valence-electron chi connectivity index (χ1n) is 6.96. The Labute approximate surface area is 117 Å². The van der Waals surface area contributed by atoms with Crippen molar-refractivity contribution in [3.05, 3.63) is 71.3 Å². The van der Waals surface area contributed by atoms with E-state index in [1.807, 2.05) is 30.3 Å². The standard InChI is InChI=1S/C18H14O2/c19-16-14-8-4-5-9-15(14)17(20)18(16)11-13(18)10-12-6-2-1-3-7-12/h1-9,13H,10-11H2/t13-/m1/s1. The Bertz CT molecular complexity index is 680. The zero-order valence-corrected chi connectivity index (χ0v) is 11.0. The van der Waals surface area contributed by atoms with Crippen molar-refractivity contribution >= 4 is 11.6 Å². The van der Waals surface area contributed by atoms with Crippen LogP contribution >= 0.6 is 0 Å². The lowest BCUT2D eigenvalue weighted by molar-refractivity contribution is 0.0799. The Morgan fingerprint density at radius 1 is 0.850 bits per heavy atom. The molecule has 0 heterocycles. The normalized spacial score (nSPS) is 22.1. The molecular weight excluding hydrogens is 248 g/mol. The molecule has 2 nitrogen and oxygen atoms in total. The fourth-order valence-electron chi connectivity index (χ4n) is 3.49. The quantitative estimate of drug-likeness (QED) is 0.778. The van der Waals surface area contributed by atoms with Crippen molar-refractivity contribution in [3.63, 3.8) is 0 Å². The topological polar surface area (TPSA) is 34.1 Å². The monoisotopic (exact) mass is 262 g/mol. The van der Waals surface area contributed by atoms with Crippen LogP contribution in [0.2, 0.25) is 0 Å². The first-order valence-corrected chi connectivity index (χ1v) is 6.96. The summed E-state index contributed by atoms with van der Waals surface area (Å²) in [7, 11) is 0. The van der Waals surface area contributed by atoms with Crippen molar-refractivity contribution < 1.29 is 9.59 Å². The van der Waals surface area contributed by atoms with Crippen LogP contribution in [0, 0.1) is 11.3 Å². The summed E-state index contributed by atoms with van der Waals surface area (Å²) in [5.74, 6) is 0.246. The summed E-state index contributed by atoms with van der Waals surface area (Å²) in [6.07, 6.45) is 1.51. The highest BCUT2D eigenvalue weighted by Gasteiger charge is 2.68. The van der Waals surface area contributed by atoms with E-state index in [1.165, 1.54) is 5.56 Å². The molecule has 2 aliphatic carbocycles. The number of benzene rings is 2. The fourth-order valence-corrected chi connectivity index (χ4v) is 3.49. The predicted octanol–water partition coefficient (Wildman–Crippen LogP) is 3.31. The first kappa shape index (κ1) is 11.6. The van der Waals surface area contributed by atoms with E-state index in [0.717, 1.165) is 6.42 Å². The number of hydrogen-bond donors (Lipinski definition) is 0. The smallest absolute Gasteiger partial charge is 0.177 e. The number of carbonyl (C=O) groups is 2. The summed E-state index contributed by atoms with van der Waals surface area (Å²) in [4.78, 5) is 25.1. The number of fused-ring (bicyclic) bond motifs is 1. The van der Waals surface area contributed by atoms with Crippen molar-refractivity contribution in [1.82, 2.24) is 0 Å². The molecule has 0 bridgehead atoms. The summed E-state index contributed by atoms with van der Waals surface area (Å²) in [5.41, 5.74) is 1.70. The van der Waals surface area contributed by atoms with Gasteiger partial charge in [-0.15, -0.1) is 0 Å². The van der Waals surface area contributed by atoms with E-state index in [2.05, 4.69) is 12.1 Å². The molecule has 1 spiro atoms. The van der Waals surface area contributed by atoms with Gasteiger partial charge in [-0.2, -0.15) is 0 Å². The molecule has 0 unspecified atom stereocenters. The van der Waals surface area contributed by atoms with Gasteiger partial charge in [0.2, 0.25) is 0 Å². The third-order valence-electron chi connectivity index (χ3n) is 4.66. The Kier molecular flexibility index (Phi) is 2.25. The molecule has 0 saturated heterocycles. The van der Waals surface area contributed by atoms with Crippen LogP contribution in [0.4, 0.5) is 0 Å². The maximum atomic E-state index is 12.6. The van der Waals surface area contributed by atoms with Crippen LogP contribution in [-0.4, -0.2) is 11.6 Å². The second kappa shape index (κ2) is 3.89. The van der Waals surface area contributed by atoms with E-state index >= 15 is 0 Å². The van der Waals surface area contributed by atoms with Gasteiger partial charge in [0.25, 0.3) is 0 Å². The first-order chi connectivity index (χ1) is 9.73. The van der Waals surface area contributed by atoms with Crippen LogP contribution < -0.4 is 0 Å². The second-order valence-corrected chi connectivity index (χ2v) is 5.77. The number of rotatable bonds is 2. The molecule has 0 N–H and O–H groups in total. The van der Waals surface area contributed by atoms with Gasteiger partial charge in [-0.25, -0.2) is 0 Å². The zero-order valence-electron chi connectivity index (χ0n) is 11.0. The number of carbonyl (C=O) groups excluding carboxylic acids is 2. The average molecular weight is 262 g/mol. The number of ketones is 2. The minimum Gasteiger partial charge on any atom is -0.293 e. The van der Waals surface area contributed by atoms with Crippen molar-refractivity contribution in [3.8, 4) is 0 Å². The number of hydrogen-bond acceptors (Lipinski definition) is 2. The van der Waals surface area contributed by atoms with Crippen molar-refractivity contribution in [2.24, 2.45) is 11.3 Å². The van der Waals surface area contributed by atoms with Gasteiger partial charge >= 0.3 is 0 Å². The van der Waals surface area contributed by atoms with E-state index in [4.69, 9.17) is 0 Å². The van der Waals surface area contributed by atoms with Gasteiger partial charge in [0.05, 0.1) is 0 Å². The molecule has 0 amide bonds. The van der Waals surface area contributed by atoms with Gasteiger partial charge in [-0.1, -0.05) is 54.6 Å². The number of Topliss-reactive ketones (excluding diaryl/α,β-unsaturated/α-hetero) is 2. The molecule has 2 aromatic carbocycles. The molecule has 1 atom stereocenters. The summed E-state index contributed by atoms with van der Waals surface area (Å²) < 4.78 is 0. The average Bonchev–Trinajstić information content (AvgIpc) is 3.17. The van der Waals surface area contributed by atoms with E-state index in [1.54, 1.807) is 12.1 Å². The van der Waals surface area contributed by atoms with Crippen LogP contribution in [0.3, 0.4) is 0 Å². The predicted molar refractivity (Wildman–Crippen MR) is 75.8 cm³/mol. The van der Waals surface area contributed by atoms with Crippen LogP contribution in [0.5, 0.6) is 0 Å². The van der Waals surface area contributed by atoms with Gasteiger partial charge in [0.15, 0.2) is 11.6 Å². The molecule has 0 aromatic heterocycles. The fraction of sp³-hybridized carbons (Fsp3) is 0.222. The molecular formula is C18H14O2. The van der Waals surface area contributed by atoms with Crippen molar-refractivity contribution in [2.45, 2.75) is 12.8 Å². The molecule has 4 rings (SSSR count). The van der Waals surface area contributed by atoms with E-state index in [-0.39, 0.29) is 17.5 Å². The molecule has 2 aromatic rings. The van der Waals surface area contributed by atoms with Crippen LogP contribution in [0.25, 0.3) is 0 Å². The molecule has 1 saturated carbocycles. The Hall–Kier alpha value is -2.22. The third-order valence-corrected chi connectivity index (χ3v) is 4.66. The van der Waals surface area contributed by atoms with Gasteiger partial charge in [-0.3, -0.25) is 9.59 Å². The van der Waals surface area contributed by atoms with Gasteiger partial charge in [0, 0.05) is 11.1 Å². The van der Waals surface area contributed by atoms with Crippen LogP contribution in [0.1, 0.15) is 32.7 Å². The van der Waals surface area contributed by atoms with Crippen LogP contribution in [0.15, 0.2) is 54.6 Å². The van der Waals surface area contributed by atoms with Crippen molar-refractivity contribution in [1.29, 1.82) is 0 Å². The highest BCUT2D eigenvalue weighted by molar-refractivity contribution is 6.31. The molecule has 20 heavy (non-hydrogen) atoms. The molecule has 2 heteroatoms. The lowest BCUT2D eigenvalue weighted by Gasteiger charge is -2.06. The maximum absolute atomic E-state index is 12.6. The summed E-state index contributed by atoms with van der Waals surface area (Å²) in [6.45, 7) is 0. The zero-order chi connectivity index (χ0) is 13.7. The maximum Gasteiger partial charge on any atom is 0.177 e. The highest BCUT2D eigenvalue weighted by atomic mass is 16.2. The van der Waals surface area contributed by atoms with Gasteiger partial charge < -0.3 is 0 Å².